The van der Waals surface area contributed by atoms with E-state index >= 15 is 0 Å². The van der Waals surface area contributed by atoms with Crippen LogP contribution in [-0.2, 0) is 16.0 Å². The summed E-state index contributed by atoms with van der Waals surface area (Å²) < 4.78 is 4.90. The van der Waals surface area contributed by atoms with Crippen molar-refractivity contribution >= 4 is 17.7 Å². The van der Waals surface area contributed by atoms with Crippen LogP contribution in [0.1, 0.15) is 30.3 Å². The molecule has 0 unspecified atom stereocenters. The van der Waals surface area contributed by atoms with Gasteiger partial charge >= 0.3 is 5.97 Å². The fourth-order valence-corrected chi connectivity index (χ4v) is 2.08. The molecule has 17 heavy (non-hydrogen) atoms. The summed E-state index contributed by atoms with van der Waals surface area (Å²) >= 11 is 1.52. The van der Waals surface area contributed by atoms with Crippen LogP contribution in [0.25, 0.3) is 0 Å². The van der Waals surface area contributed by atoms with E-state index in [2.05, 4.69) is 9.97 Å². The molecule has 0 aromatic carbocycles. The van der Waals surface area contributed by atoms with Gasteiger partial charge in [-0.05, 0) is 39.0 Å². The molecule has 0 aliphatic heterocycles. The van der Waals surface area contributed by atoms with E-state index in [0.29, 0.717) is 19.4 Å². The van der Waals surface area contributed by atoms with E-state index < -0.39 is 0 Å². The summed E-state index contributed by atoms with van der Waals surface area (Å²) in [6.45, 7) is 6.15. The molecule has 0 atom stereocenters. The van der Waals surface area contributed by atoms with E-state index in [-0.39, 0.29) is 5.97 Å². The van der Waals surface area contributed by atoms with Gasteiger partial charge in [-0.15, -0.1) is 0 Å². The first-order valence-corrected chi connectivity index (χ1v) is 6.84. The van der Waals surface area contributed by atoms with E-state index in [0.717, 1.165) is 22.1 Å². The number of carbonyl (C=O) groups is 1. The topological polar surface area (TPSA) is 52.1 Å². The van der Waals surface area contributed by atoms with E-state index in [9.17, 15) is 4.79 Å². The highest BCUT2D eigenvalue weighted by Crippen LogP contribution is 2.17. The Hall–Kier alpha value is -1.10. The average Bonchev–Trinajstić information content (AvgIpc) is 2.28. The van der Waals surface area contributed by atoms with Gasteiger partial charge in [-0.3, -0.25) is 4.79 Å². The smallest absolute Gasteiger partial charge is 0.306 e. The molecule has 1 aromatic heterocycles. The molecule has 0 bridgehead atoms. The van der Waals surface area contributed by atoms with Crippen molar-refractivity contribution in [1.29, 1.82) is 0 Å². The predicted molar refractivity (Wildman–Crippen MR) is 68.2 cm³/mol. The SMILES string of the molecule is CCOC(=O)CCc1c(C)nc(SC)nc1C. The Morgan fingerprint density at radius 3 is 2.35 bits per heavy atom. The lowest BCUT2D eigenvalue weighted by atomic mass is 10.1. The fraction of sp³-hybridized carbons (Fsp3) is 0.583. The standard InChI is InChI=1S/C12H18N2O2S/c1-5-16-11(15)7-6-10-8(2)13-12(17-4)14-9(10)3/h5-7H2,1-4H3. The average molecular weight is 254 g/mol. The predicted octanol–water partition coefficient (Wildman–Crippen LogP) is 2.31. The summed E-state index contributed by atoms with van der Waals surface area (Å²) in [6.07, 6.45) is 2.98. The highest BCUT2D eigenvalue weighted by atomic mass is 32.2. The van der Waals surface area contributed by atoms with Gasteiger partial charge in [0.2, 0.25) is 0 Å². The molecule has 0 N–H and O–H groups in total. The summed E-state index contributed by atoms with van der Waals surface area (Å²) in [5.74, 6) is -0.166. The van der Waals surface area contributed by atoms with Crippen LogP contribution in [0.3, 0.4) is 0 Å². The Bertz CT molecular complexity index is 384. The van der Waals surface area contributed by atoms with Gasteiger partial charge in [-0.2, -0.15) is 0 Å². The Kier molecular flexibility index (Phi) is 5.41. The van der Waals surface area contributed by atoms with Crippen LogP contribution in [0.2, 0.25) is 0 Å². The van der Waals surface area contributed by atoms with Crippen molar-refractivity contribution < 1.29 is 9.53 Å². The van der Waals surface area contributed by atoms with Gasteiger partial charge < -0.3 is 4.74 Å². The van der Waals surface area contributed by atoms with Gasteiger partial charge in [0, 0.05) is 17.8 Å². The lowest BCUT2D eigenvalue weighted by molar-refractivity contribution is -0.143. The molecule has 1 rings (SSSR count). The molecule has 0 saturated carbocycles. The third kappa shape index (κ3) is 4.00. The van der Waals surface area contributed by atoms with Crippen LogP contribution in [0.5, 0.6) is 0 Å². The fourth-order valence-electron chi connectivity index (χ4n) is 1.62. The monoisotopic (exact) mass is 254 g/mol. The van der Waals surface area contributed by atoms with Gasteiger partial charge in [0.25, 0.3) is 0 Å². The minimum Gasteiger partial charge on any atom is -0.466 e. The Balaban J connectivity index is 2.74. The second-order valence-electron chi connectivity index (χ2n) is 3.66. The van der Waals surface area contributed by atoms with Crippen molar-refractivity contribution in [2.24, 2.45) is 0 Å². The Morgan fingerprint density at radius 1 is 1.29 bits per heavy atom. The number of carbonyl (C=O) groups excluding carboxylic acids is 1. The molecule has 4 nitrogen and oxygen atoms in total. The number of hydrogen-bond acceptors (Lipinski definition) is 5. The minimum absolute atomic E-state index is 0.166. The molecule has 0 radical (unpaired) electrons. The summed E-state index contributed by atoms with van der Waals surface area (Å²) in [5.41, 5.74) is 2.95. The highest BCUT2D eigenvalue weighted by molar-refractivity contribution is 7.98. The molecular formula is C12H18N2O2S. The maximum Gasteiger partial charge on any atom is 0.306 e. The van der Waals surface area contributed by atoms with Crippen molar-refractivity contribution in [3.05, 3.63) is 17.0 Å². The Morgan fingerprint density at radius 2 is 1.88 bits per heavy atom. The van der Waals surface area contributed by atoms with Crippen LogP contribution in [0, 0.1) is 13.8 Å². The van der Waals surface area contributed by atoms with Crippen molar-refractivity contribution in [3.63, 3.8) is 0 Å². The first kappa shape index (κ1) is 14.0. The number of esters is 1. The third-order valence-electron chi connectivity index (χ3n) is 2.47. The van der Waals surface area contributed by atoms with Crippen LogP contribution in [0.4, 0.5) is 0 Å². The van der Waals surface area contributed by atoms with Crippen LogP contribution < -0.4 is 0 Å². The number of aromatic nitrogens is 2. The van der Waals surface area contributed by atoms with E-state index in [1.807, 2.05) is 27.0 Å². The summed E-state index contributed by atoms with van der Waals surface area (Å²) in [5, 5.41) is 0.778. The summed E-state index contributed by atoms with van der Waals surface area (Å²) in [6, 6.07) is 0. The third-order valence-corrected chi connectivity index (χ3v) is 3.01. The van der Waals surface area contributed by atoms with Gasteiger partial charge in [-0.1, -0.05) is 11.8 Å². The van der Waals surface area contributed by atoms with Crippen molar-refractivity contribution in [1.82, 2.24) is 9.97 Å². The first-order valence-electron chi connectivity index (χ1n) is 5.62. The quantitative estimate of drug-likeness (QED) is 0.458. The summed E-state index contributed by atoms with van der Waals surface area (Å²) in [7, 11) is 0. The zero-order valence-electron chi connectivity index (χ0n) is 10.7. The van der Waals surface area contributed by atoms with Gasteiger partial charge in [0.15, 0.2) is 5.16 Å². The lowest BCUT2D eigenvalue weighted by Gasteiger charge is -2.09. The van der Waals surface area contributed by atoms with E-state index in [1.165, 1.54) is 11.8 Å². The van der Waals surface area contributed by atoms with Crippen LogP contribution in [0.15, 0.2) is 5.16 Å². The van der Waals surface area contributed by atoms with Crippen molar-refractivity contribution in [2.75, 3.05) is 12.9 Å². The van der Waals surface area contributed by atoms with E-state index in [1.54, 1.807) is 0 Å². The number of thioether (sulfide) groups is 1. The van der Waals surface area contributed by atoms with Crippen LogP contribution >= 0.6 is 11.8 Å². The molecule has 0 fully saturated rings. The number of nitrogens with zero attached hydrogens (tertiary/aromatic N) is 2. The first-order chi connectivity index (χ1) is 8.08. The van der Waals surface area contributed by atoms with Gasteiger partial charge in [0.05, 0.1) is 6.61 Å². The zero-order chi connectivity index (χ0) is 12.8. The lowest BCUT2D eigenvalue weighted by Crippen LogP contribution is -2.08. The van der Waals surface area contributed by atoms with Crippen molar-refractivity contribution in [3.8, 4) is 0 Å². The number of ether oxygens (including phenoxy) is 1. The number of aryl methyl sites for hydroxylation is 2. The van der Waals surface area contributed by atoms with Gasteiger partial charge in [0.1, 0.15) is 0 Å². The normalized spacial score (nSPS) is 10.4. The molecule has 5 heteroatoms. The van der Waals surface area contributed by atoms with Gasteiger partial charge in [-0.25, -0.2) is 9.97 Å². The zero-order valence-corrected chi connectivity index (χ0v) is 11.6. The number of hydrogen-bond donors (Lipinski definition) is 0. The Labute approximate surface area is 106 Å². The molecule has 0 aliphatic carbocycles. The second kappa shape index (κ2) is 6.59. The molecule has 0 spiro atoms. The maximum atomic E-state index is 11.3. The second-order valence-corrected chi connectivity index (χ2v) is 4.44. The molecule has 0 aliphatic rings. The maximum absolute atomic E-state index is 11.3. The highest BCUT2D eigenvalue weighted by Gasteiger charge is 2.10. The number of rotatable bonds is 5. The molecule has 0 saturated heterocycles. The molecule has 94 valence electrons. The molecule has 0 amide bonds. The van der Waals surface area contributed by atoms with E-state index in [4.69, 9.17) is 4.74 Å². The largest absolute Gasteiger partial charge is 0.466 e. The molecular weight excluding hydrogens is 236 g/mol. The van der Waals surface area contributed by atoms with Crippen LogP contribution in [-0.4, -0.2) is 28.8 Å². The van der Waals surface area contributed by atoms with Crippen molar-refractivity contribution in [2.45, 2.75) is 38.8 Å². The minimum atomic E-state index is -0.166. The summed E-state index contributed by atoms with van der Waals surface area (Å²) in [4.78, 5) is 20.0. The molecule has 1 aromatic rings. The molecule has 1 heterocycles.